The minimum atomic E-state index is -0.738. The molecule has 1 saturated carbocycles. The Labute approximate surface area is 96.1 Å². The van der Waals surface area contributed by atoms with E-state index in [1.165, 1.54) is 0 Å². The maximum Gasteiger partial charge on any atom is 0.417 e. The van der Waals surface area contributed by atoms with Crippen LogP contribution in [0.2, 0.25) is 0 Å². The van der Waals surface area contributed by atoms with Crippen molar-refractivity contribution in [2.45, 2.75) is 19.3 Å². The molecule has 1 aromatic heterocycles. The quantitative estimate of drug-likeness (QED) is 0.842. The molecule has 1 aliphatic carbocycles. The van der Waals surface area contributed by atoms with Crippen LogP contribution in [-0.2, 0) is 11.2 Å². The summed E-state index contributed by atoms with van der Waals surface area (Å²) in [5.41, 5.74) is 1.44. The van der Waals surface area contributed by atoms with Crippen molar-refractivity contribution in [3.05, 3.63) is 34.3 Å². The van der Waals surface area contributed by atoms with Crippen molar-refractivity contribution in [1.82, 2.24) is 4.98 Å². The van der Waals surface area contributed by atoms with Crippen LogP contribution in [0.5, 0.6) is 0 Å². The van der Waals surface area contributed by atoms with E-state index in [0.29, 0.717) is 17.5 Å². The number of rotatable bonds is 3. The molecule has 0 spiro atoms. The van der Waals surface area contributed by atoms with E-state index in [9.17, 15) is 9.59 Å². The fraction of sp³-hybridized carbons (Fsp3) is 0.333. The van der Waals surface area contributed by atoms with E-state index in [2.05, 4.69) is 4.98 Å². The van der Waals surface area contributed by atoms with Crippen LogP contribution in [0.4, 0.5) is 0 Å². The van der Waals surface area contributed by atoms with Gasteiger partial charge in [-0.25, -0.2) is 4.79 Å². The lowest BCUT2D eigenvalue weighted by Crippen LogP contribution is -2.17. The van der Waals surface area contributed by atoms with Crippen molar-refractivity contribution < 1.29 is 14.3 Å². The molecule has 2 aromatic rings. The van der Waals surface area contributed by atoms with E-state index < -0.39 is 17.1 Å². The Hall–Kier alpha value is -2.04. The van der Waals surface area contributed by atoms with E-state index in [0.717, 1.165) is 18.4 Å². The summed E-state index contributed by atoms with van der Waals surface area (Å²) >= 11 is 0. The van der Waals surface area contributed by atoms with Crippen LogP contribution in [0, 0.1) is 5.41 Å². The third-order valence-electron chi connectivity index (χ3n) is 3.33. The largest absolute Gasteiger partial charge is 0.481 e. The van der Waals surface area contributed by atoms with Gasteiger partial charge in [0.05, 0.1) is 10.9 Å². The summed E-state index contributed by atoms with van der Waals surface area (Å²) in [7, 11) is 0. The van der Waals surface area contributed by atoms with E-state index >= 15 is 0 Å². The van der Waals surface area contributed by atoms with Gasteiger partial charge in [-0.3, -0.25) is 9.78 Å². The minimum Gasteiger partial charge on any atom is -0.481 e. The predicted octanol–water partition coefficient (Wildman–Crippen LogP) is 1.53. The Morgan fingerprint density at radius 1 is 1.47 bits per heavy atom. The summed E-state index contributed by atoms with van der Waals surface area (Å²) < 4.78 is 4.89. The molecule has 0 atom stereocenters. The highest BCUT2D eigenvalue weighted by atomic mass is 16.4. The molecule has 3 rings (SSSR count). The first-order valence-corrected chi connectivity index (χ1v) is 5.44. The van der Waals surface area contributed by atoms with Gasteiger partial charge in [-0.05, 0) is 37.0 Å². The highest BCUT2D eigenvalue weighted by molar-refractivity contribution is 5.79. The van der Waals surface area contributed by atoms with Gasteiger partial charge >= 0.3 is 11.7 Å². The van der Waals surface area contributed by atoms with Crippen molar-refractivity contribution in [1.29, 1.82) is 0 Å². The summed E-state index contributed by atoms with van der Waals surface area (Å²) in [6, 6.07) is 5.28. The van der Waals surface area contributed by atoms with Crippen molar-refractivity contribution in [3.8, 4) is 0 Å². The average Bonchev–Trinajstić information content (AvgIpc) is 2.94. The van der Waals surface area contributed by atoms with Crippen LogP contribution < -0.4 is 5.76 Å². The fourth-order valence-corrected chi connectivity index (χ4v) is 2.12. The first kappa shape index (κ1) is 10.1. The molecular formula is C12H11NO4. The number of H-pyrrole nitrogens is 1. The first-order chi connectivity index (χ1) is 8.09. The van der Waals surface area contributed by atoms with E-state index in [1.807, 2.05) is 6.07 Å². The average molecular weight is 233 g/mol. The molecule has 17 heavy (non-hydrogen) atoms. The van der Waals surface area contributed by atoms with Gasteiger partial charge in [-0.1, -0.05) is 6.07 Å². The molecule has 88 valence electrons. The molecule has 0 amide bonds. The van der Waals surface area contributed by atoms with Gasteiger partial charge in [-0.2, -0.15) is 0 Å². The lowest BCUT2D eigenvalue weighted by molar-refractivity contribution is -0.143. The standard InChI is InChI=1S/C12H11NO4/c14-10(15)12(3-4-12)6-7-1-2-9-8(5-7)13-11(16)17-9/h1-2,5H,3-4,6H2,(H,13,16)(H,14,15). The number of hydrogen-bond donors (Lipinski definition) is 2. The molecule has 0 aliphatic heterocycles. The fourth-order valence-electron chi connectivity index (χ4n) is 2.12. The second kappa shape index (κ2) is 3.23. The normalized spacial score (nSPS) is 17.2. The number of benzene rings is 1. The highest BCUT2D eigenvalue weighted by Gasteiger charge is 2.49. The molecule has 0 unspecified atom stereocenters. The van der Waals surface area contributed by atoms with Crippen LogP contribution in [0.1, 0.15) is 18.4 Å². The summed E-state index contributed by atoms with van der Waals surface area (Å²) in [4.78, 5) is 24.6. The zero-order chi connectivity index (χ0) is 12.0. The van der Waals surface area contributed by atoms with Crippen molar-refractivity contribution in [2.75, 3.05) is 0 Å². The second-order valence-corrected chi connectivity index (χ2v) is 4.61. The number of nitrogens with one attached hydrogen (secondary N) is 1. The molecule has 2 N–H and O–H groups in total. The van der Waals surface area contributed by atoms with Crippen molar-refractivity contribution >= 4 is 17.1 Å². The first-order valence-electron chi connectivity index (χ1n) is 5.44. The molecule has 0 radical (unpaired) electrons. The third kappa shape index (κ3) is 1.63. The molecule has 1 heterocycles. The van der Waals surface area contributed by atoms with Gasteiger partial charge in [-0.15, -0.1) is 0 Å². The van der Waals surface area contributed by atoms with Gasteiger partial charge < -0.3 is 9.52 Å². The van der Waals surface area contributed by atoms with Gasteiger partial charge in [0.25, 0.3) is 0 Å². The molecule has 1 fully saturated rings. The van der Waals surface area contributed by atoms with Crippen molar-refractivity contribution in [2.24, 2.45) is 5.41 Å². The van der Waals surface area contributed by atoms with E-state index in [4.69, 9.17) is 9.52 Å². The van der Waals surface area contributed by atoms with Gasteiger partial charge in [0.1, 0.15) is 0 Å². The van der Waals surface area contributed by atoms with Crippen LogP contribution >= 0.6 is 0 Å². The monoisotopic (exact) mass is 233 g/mol. The predicted molar refractivity (Wildman–Crippen MR) is 59.8 cm³/mol. The Balaban J connectivity index is 1.96. The Morgan fingerprint density at radius 2 is 2.24 bits per heavy atom. The van der Waals surface area contributed by atoms with Gasteiger partial charge in [0.15, 0.2) is 5.58 Å². The number of aliphatic carboxylic acids is 1. The minimum absolute atomic E-state index is 0.489. The summed E-state index contributed by atoms with van der Waals surface area (Å²) in [5.74, 6) is -1.23. The number of carboxylic acid groups (broad SMARTS) is 1. The SMILES string of the molecule is O=C(O)C1(Cc2ccc3oc(=O)[nH]c3c2)CC1. The maximum absolute atomic E-state index is 11.1. The number of oxazole rings is 1. The number of aromatic amines is 1. The van der Waals surface area contributed by atoms with Crippen LogP contribution in [0.15, 0.2) is 27.4 Å². The van der Waals surface area contributed by atoms with Crippen LogP contribution in [-0.4, -0.2) is 16.1 Å². The summed E-state index contributed by atoms with van der Waals surface area (Å²) in [6.07, 6.45) is 1.95. The Bertz CT molecular complexity index is 648. The number of hydrogen-bond acceptors (Lipinski definition) is 3. The Kier molecular flexibility index (Phi) is 1.92. The summed E-state index contributed by atoms with van der Waals surface area (Å²) in [5, 5.41) is 9.11. The zero-order valence-corrected chi connectivity index (χ0v) is 9.03. The van der Waals surface area contributed by atoms with E-state index in [-0.39, 0.29) is 0 Å². The third-order valence-corrected chi connectivity index (χ3v) is 3.33. The number of fused-ring (bicyclic) bond motifs is 1. The molecule has 5 nitrogen and oxygen atoms in total. The maximum atomic E-state index is 11.1. The second-order valence-electron chi connectivity index (χ2n) is 4.61. The number of aromatic nitrogens is 1. The lowest BCUT2D eigenvalue weighted by Gasteiger charge is -2.08. The molecule has 1 aromatic carbocycles. The van der Waals surface area contributed by atoms with Crippen LogP contribution in [0.3, 0.4) is 0 Å². The van der Waals surface area contributed by atoms with Gasteiger partial charge in [0.2, 0.25) is 0 Å². The molecular weight excluding hydrogens is 222 g/mol. The lowest BCUT2D eigenvalue weighted by atomic mass is 9.96. The Morgan fingerprint density at radius 3 is 2.88 bits per heavy atom. The summed E-state index contributed by atoms with van der Waals surface area (Å²) in [6.45, 7) is 0. The van der Waals surface area contributed by atoms with E-state index in [1.54, 1.807) is 12.1 Å². The number of carbonyl (C=O) groups is 1. The molecule has 1 aliphatic rings. The number of carboxylic acids is 1. The van der Waals surface area contributed by atoms with Crippen LogP contribution in [0.25, 0.3) is 11.1 Å². The van der Waals surface area contributed by atoms with Gasteiger partial charge in [0, 0.05) is 0 Å². The molecule has 5 heteroatoms. The molecule has 0 bridgehead atoms. The zero-order valence-electron chi connectivity index (χ0n) is 9.03. The van der Waals surface area contributed by atoms with Crippen molar-refractivity contribution in [3.63, 3.8) is 0 Å². The molecule has 0 saturated heterocycles. The smallest absolute Gasteiger partial charge is 0.417 e. The highest BCUT2D eigenvalue weighted by Crippen LogP contribution is 2.48. The topological polar surface area (TPSA) is 83.3 Å².